The lowest BCUT2D eigenvalue weighted by Crippen LogP contribution is -2.12. The summed E-state index contributed by atoms with van der Waals surface area (Å²) in [5.41, 5.74) is 1.42. The van der Waals surface area contributed by atoms with E-state index in [-0.39, 0.29) is 18.1 Å². The van der Waals surface area contributed by atoms with Crippen LogP contribution in [0.25, 0.3) is 0 Å². The van der Waals surface area contributed by atoms with E-state index in [1.165, 1.54) is 7.11 Å². The van der Waals surface area contributed by atoms with Crippen molar-refractivity contribution in [3.8, 4) is 5.75 Å². The molecule has 0 spiro atoms. The number of phenolic OH excluding ortho intramolecular Hbond substituents is 1. The molecule has 0 bridgehead atoms. The Hall–Kier alpha value is -2.04. The maximum atomic E-state index is 11.2. The number of methoxy groups -OCH3 is 1. The highest BCUT2D eigenvalue weighted by Gasteiger charge is 2.10. The van der Waals surface area contributed by atoms with Crippen molar-refractivity contribution >= 4 is 11.7 Å². The minimum atomic E-state index is -0.367. The molecule has 0 aromatic heterocycles. The fourth-order valence-electron chi connectivity index (χ4n) is 1.42. The quantitative estimate of drug-likeness (QED) is 0.476. The van der Waals surface area contributed by atoms with Crippen LogP contribution in [-0.4, -0.2) is 30.5 Å². The van der Waals surface area contributed by atoms with E-state index in [9.17, 15) is 9.90 Å². The van der Waals surface area contributed by atoms with Gasteiger partial charge in [-0.3, -0.25) is 4.79 Å². The Kier molecular flexibility index (Phi) is 5.70. The molecule has 5 heteroatoms. The standard InChI is InChI=1S/C13H17NO4/c1-3-18-14-11(9-13(16)17-2)7-10-5-4-6-12(15)8-10/h4-6,8,15H,3,7,9H2,1-2H3/b14-11-. The fourth-order valence-corrected chi connectivity index (χ4v) is 1.42. The van der Waals surface area contributed by atoms with E-state index in [0.29, 0.717) is 18.7 Å². The van der Waals surface area contributed by atoms with E-state index in [0.717, 1.165) is 5.56 Å². The van der Waals surface area contributed by atoms with Crippen LogP contribution in [-0.2, 0) is 20.8 Å². The average molecular weight is 251 g/mol. The van der Waals surface area contributed by atoms with Gasteiger partial charge in [0.25, 0.3) is 0 Å². The van der Waals surface area contributed by atoms with Gasteiger partial charge in [-0.1, -0.05) is 17.3 Å². The zero-order valence-electron chi connectivity index (χ0n) is 10.5. The zero-order chi connectivity index (χ0) is 13.4. The highest BCUT2D eigenvalue weighted by atomic mass is 16.6. The number of nitrogens with zero attached hydrogens (tertiary/aromatic N) is 1. The number of esters is 1. The molecule has 0 radical (unpaired) electrons. The smallest absolute Gasteiger partial charge is 0.311 e. The van der Waals surface area contributed by atoms with Crippen molar-refractivity contribution in [2.75, 3.05) is 13.7 Å². The molecule has 5 nitrogen and oxygen atoms in total. The van der Waals surface area contributed by atoms with Gasteiger partial charge in [0.05, 0.1) is 19.2 Å². The first-order chi connectivity index (χ1) is 8.65. The summed E-state index contributed by atoms with van der Waals surface area (Å²) in [6, 6.07) is 6.79. The Morgan fingerprint density at radius 3 is 2.83 bits per heavy atom. The van der Waals surface area contributed by atoms with Gasteiger partial charge >= 0.3 is 5.97 Å². The van der Waals surface area contributed by atoms with Crippen LogP contribution in [0, 0.1) is 0 Å². The summed E-state index contributed by atoms with van der Waals surface area (Å²) in [7, 11) is 1.33. The van der Waals surface area contributed by atoms with Gasteiger partial charge in [-0.2, -0.15) is 0 Å². The van der Waals surface area contributed by atoms with E-state index in [4.69, 9.17) is 4.84 Å². The number of oxime groups is 1. The first-order valence-electron chi connectivity index (χ1n) is 5.68. The molecule has 0 unspecified atom stereocenters. The van der Waals surface area contributed by atoms with Crippen LogP contribution >= 0.6 is 0 Å². The maximum Gasteiger partial charge on any atom is 0.311 e. The van der Waals surface area contributed by atoms with E-state index in [1.807, 2.05) is 13.0 Å². The second-order valence-electron chi connectivity index (χ2n) is 3.67. The van der Waals surface area contributed by atoms with Crippen LogP contribution < -0.4 is 0 Å². The number of carbonyl (C=O) groups excluding carboxylic acids is 1. The van der Waals surface area contributed by atoms with Crippen molar-refractivity contribution in [3.05, 3.63) is 29.8 Å². The predicted molar refractivity (Wildman–Crippen MR) is 67.5 cm³/mol. The van der Waals surface area contributed by atoms with Crippen LogP contribution in [0.1, 0.15) is 18.9 Å². The Labute approximate surface area is 106 Å². The SMILES string of the molecule is CCO/N=C(\CC(=O)OC)Cc1cccc(O)c1. The monoisotopic (exact) mass is 251 g/mol. The van der Waals surface area contributed by atoms with Crippen molar-refractivity contribution in [2.45, 2.75) is 19.8 Å². The van der Waals surface area contributed by atoms with Crippen molar-refractivity contribution in [1.29, 1.82) is 0 Å². The normalized spacial score (nSPS) is 11.1. The molecular weight excluding hydrogens is 234 g/mol. The van der Waals surface area contributed by atoms with E-state index in [1.54, 1.807) is 18.2 Å². The summed E-state index contributed by atoms with van der Waals surface area (Å²) in [5.74, 6) is -0.185. The molecule has 0 atom stereocenters. The minimum Gasteiger partial charge on any atom is -0.508 e. The Morgan fingerprint density at radius 1 is 1.44 bits per heavy atom. The third kappa shape index (κ3) is 4.86. The number of phenols is 1. The average Bonchev–Trinajstić information content (AvgIpc) is 2.35. The van der Waals surface area contributed by atoms with Crippen molar-refractivity contribution < 1.29 is 19.5 Å². The van der Waals surface area contributed by atoms with Crippen LogP contribution in [0.3, 0.4) is 0 Å². The summed E-state index contributed by atoms with van der Waals surface area (Å²) < 4.78 is 4.60. The highest BCUT2D eigenvalue weighted by Crippen LogP contribution is 2.12. The number of benzene rings is 1. The first kappa shape index (κ1) is 14.0. The molecule has 0 amide bonds. The van der Waals surface area contributed by atoms with E-state index >= 15 is 0 Å². The van der Waals surface area contributed by atoms with Gasteiger partial charge in [-0.15, -0.1) is 0 Å². The Bertz CT molecular complexity index is 429. The number of aromatic hydroxyl groups is 1. The van der Waals surface area contributed by atoms with Crippen molar-refractivity contribution in [2.24, 2.45) is 5.16 Å². The lowest BCUT2D eigenvalue weighted by Gasteiger charge is -2.06. The largest absolute Gasteiger partial charge is 0.508 e. The van der Waals surface area contributed by atoms with Crippen LogP contribution in [0.5, 0.6) is 5.75 Å². The molecule has 0 aliphatic rings. The molecule has 0 heterocycles. The molecule has 1 N–H and O–H groups in total. The number of hydrogen-bond donors (Lipinski definition) is 1. The fraction of sp³-hybridized carbons (Fsp3) is 0.385. The van der Waals surface area contributed by atoms with Crippen molar-refractivity contribution in [1.82, 2.24) is 0 Å². The van der Waals surface area contributed by atoms with Gasteiger partial charge in [-0.05, 0) is 24.6 Å². The number of ether oxygens (including phenoxy) is 1. The molecule has 0 aliphatic heterocycles. The van der Waals surface area contributed by atoms with Gasteiger partial charge in [0, 0.05) is 6.42 Å². The summed E-state index contributed by atoms with van der Waals surface area (Å²) in [6.45, 7) is 2.25. The van der Waals surface area contributed by atoms with Crippen LogP contribution in [0.2, 0.25) is 0 Å². The summed E-state index contributed by atoms with van der Waals surface area (Å²) in [5, 5.41) is 13.3. The molecule has 0 fully saturated rings. The molecule has 18 heavy (non-hydrogen) atoms. The van der Waals surface area contributed by atoms with Gasteiger partial charge in [0.2, 0.25) is 0 Å². The Morgan fingerprint density at radius 2 is 2.22 bits per heavy atom. The number of carbonyl (C=O) groups is 1. The van der Waals surface area contributed by atoms with Gasteiger partial charge in [-0.25, -0.2) is 0 Å². The molecule has 1 aromatic rings. The first-order valence-corrected chi connectivity index (χ1v) is 5.68. The second-order valence-corrected chi connectivity index (χ2v) is 3.67. The van der Waals surface area contributed by atoms with Gasteiger partial charge in [0.15, 0.2) is 0 Å². The predicted octanol–water partition coefficient (Wildman–Crippen LogP) is 1.89. The highest BCUT2D eigenvalue weighted by molar-refractivity contribution is 5.99. The van der Waals surface area contributed by atoms with Crippen LogP contribution in [0.15, 0.2) is 29.4 Å². The van der Waals surface area contributed by atoms with Crippen molar-refractivity contribution in [3.63, 3.8) is 0 Å². The molecule has 0 aliphatic carbocycles. The maximum absolute atomic E-state index is 11.2. The molecular formula is C13H17NO4. The van der Waals surface area contributed by atoms with Crippen LogP contribution in [0.4, 0.5) is 0 Å². The molecule has 0 saturated carbocycles. The number of hydrogen-bond acceptors (Lipinski definition) is 5. The van der Waals surface area contributed by atoms with Gasteiger partial charge < -0.3 is 14.7 Å². The second kappa shape index (κ2) is 7.32. The zero-order valence-corrected chi connectivity index (χ0v) is 10.5. The topological polar surface area (TPSA) is 68.1 Å². The summed E-state index contributed by atoms with van der Waals surface area (Å²) >= 11 is 0. The minimum absolute atomic E-state index is 0.0756. The molecule has 98 valence electrons. The summed E-state index contributed by atoms with van der Waals surface area (Å²) in [6.07, 6.45) is 0.510. The van der Waals surface area contributed by atoms with E-state index in [2.05, 4.69) is 9.89 Å². The molecule has 0 saturated heterocycles. The van der Waals surface area contributed by atoms with Gasteiger partial charge in [0.1, 0.15) is 12.4 Å². The summed E-state index contributed by atoms with van der Waals surface area (Å²) in [4.78, 5) is 16.2. The van der Waals surface area contributed by atoms with E-state index < -0.39 is 0 Å². The molecule has 1 rings (SSSR count). The Balaban J connectivity index is 2.74. The lowest BCUT2D eigenvalue weighted by molar-refractivity contribution is -0.139. The molecule has 1 aromatic carbocycles. The number of rotatable bonds is 6. The third-order valence-electron chi connectivity index (χ3n) is 2.22. The lowest BCUT2D eigenvalue weighted by atomic mass is 10.1. The third-order valence-corrected chi connectivity index (χ3v) is 2.22.